The smallest absolute Gasteiger partial charge is 0.308 e. The van der Waals surface area contributed by atoms with Crippen LogP contribution in [0.25, 0.3) is 21.8 Å². The number of piperidine rings is 2. The predicted molar refractivity (Wildman–Crippen MR) is 181 cm³/mol. The van der Waals surface area contributed by atoms with Gasteiger partial charge in [-0.05, 0) is 88.3 Å². The quantitative estimate of drug-likeness (QED) is 0.269. The third kappa shape index (κ3) is 9.79. The zero-order chi connectivity index (χ0) is 31.8. The number of hydrogen-bond donors (Lipinski definition) is 1. The highest BCUT2D eigenvalue weighted by Crippen LogP contribution is 2.23. The van der Waals surface area contributed by atoms with Crippen LogP contribution in [0.2, 0.25) is 0 Å². The number of carbonyl (C=O) groups excluding carboxylic acids is 2. The molecule has 2 fully saturated rings. The number of benzene rings is 2. The number of carbonyl (C=O) groups is 2. The number of phenolic OH excluding ortho intramolecular Hbond substituents is 1. The van der Waals surface area contributed by atoms with Crippen molar-refractivity contribution in [1.82, 2.24) is 29.7 Å². The van der Waals surface area contributed by atoms with E-state index in [2.05, 4.69) is 29.7 Å². The number of aromatic nitrogens is 4. The van der Waals surface area contributed by atoms with E-state index in [4.69, 9.17) is 14.2 Å². The van der Waals surface area contributed by atoms with Crippen molar-refractivity contribution in [2.75, 3.05) is 47.5 Å². The van der Waals surface area contributed by atoms with Crippen LogP contribution in [0.5, 0.6) is 11.5 Å². The number of phenols is 1. The van der Waals surface area contributed by atoms with E-state index in [9.17, 15) is 14.7 Å². The van der Waals surface area contributed by atoms with E-state index in [1.165, 1.54) is 14.2 Å². The van der Waals surface area contributed by atoms with E-state index in [1.807, 2.05) is 24.4 Å². The molecule has 0 radical (unpaired) electrons. The van der Waals surface area contributed by atoms with Gasteiger partial charge in [-0.25, -0.2) is 19.9 Å². The molecular formula is C35H48N6O6. The average Bonchev–Trinajstić information content (AvgIpc) is 3.08. The van der Waals surface area contributed by atoms with Gasteiger partial charge in [-0.3, -0.25) is 19.4 Å². The standard InChI is InChI=1S/C17H21N3O3.C16H19N3O3.2CH4/c1-22-14-3-4-15-13(9-14)10-18-16(19-15)11-20-7-5-12(6-8-20)17(21)23-2;1-22-16(21)11-4-6-19(7-5-11)10-15-17-9-12-8-13(20)2-3-14(12)18-15;;/h3-4,9-10,12H,5-8,11H2,1-2H3;2-3,8-9,11,20H,4-7,10H2,1H3;2*1H4. The van der Waals surface area contributed by atoms with E-state index >= 15 is 0 Å². The van der Waals surface area contributed by atoms with Crippen LogP contribution in [0, 0.1) is 11.8 Å². The lowest BCUT2D eigenvalue weighted by Gasteiger charge is -2.29. The van der Waals surface area contributed by atoms with Crippen LogP contribution in [-0.2, 0) is 32.2 Å². The molecule has 2 aliphatic heterocycles. The molecule has 0 aliphatic carbocycles. The second-order valence-electron chi connectivity index (χ2n) is 11.4. The largest absolute Gasteiger partial charge is 0.508 e. The summed E-state index contributed by atoms with van der Waals surface area (Å²) in [6, 6.07) is 10.9. The topological polar surface area (TPSA) is 140 Å². The Bertz CT molecular complexity index is 1620. The molecule has 0 spiro atoms. The van der Waals surface area contributed by atoms with E-state index in [0.717, 1.165) is 91.1 Å². The Morgan fingerprint density at radius 2 is 1.17 bits per heavy atom. The van der Waals surface area contributed by atoms with Crippen LogP contribution in [0.3, 0.4) is 0 Å². The first-order chi connectivity index (χ1) is 21.8. The Kier molecular flexibility index (Phi) is 13.8. The predicted octanol–water partition coefficient (Wildman–Crippen LogP) is 5.02. The minimum Gasteiger partial charge on any atom is -0.508 e. The van der Waals surface area contributed by atoms with Crippen molar-refractivity contribution in [2.24, 2.45) is 11.8 Å². The number of rotatable bonds is 7. The maximum atomic E-state index is 11.6. The summed E-state index contributed by atoms with van der Waals surface area (Å²) in [5.41, 5.74) is 1.74. The molecule has 6 rings (SSSR count). The van der Waals surface area contributed by atoms with Crippen LogP contribution in [0.4, 0.5) is 0 Å². The van der Waals surface area contributed by atoms with Gasteiger partial charge in [-0.1, -0.05) is 14.9 Å². The Morgan fingerprint density at radius 3 is 1.62 bits per heavy atom. The molecule has 2 aromatic carbocycles. The fourth-order valence-corrected chi connectivity index (χ4v) is 5.78. The lowest BCUT2D eigenvalue weighted by molar-refractivity contribution is -0.147. The first kappa shape index (κ1) is 37.0. The zero-order valence-electron chi connectivity index (χ0n) is 26.0. The van der Waals surface area contributed by atoms with E-state index in [1.54, 1.807) is 31.5 Å². The van der Waals surface area contributed by atoms with Crippen molar-refractivity contribution in [3.05, 3.63) is 60.4 Å². The van der Waals surface area contributed by atoms with Gasteiger partial charge in [0.05, 0.1) is 57.3 Å². The molecule has 1 N–H and O–H groups in total. The lowest BCUT2D eigenvalue weighted by atomic mass is 9.97. The molecule has 2 saturated heterocycles. The molecule has 12 nitrogen and oxygen atoms in total. The number of esters is 2. The van der Waals surface area contributed by atoms with Crippen molar-refractivity contribution in [3.63, 3.8) is 0 Å². The fourth-order valence-electron chi connectivity index (χ4n) is 5.78. The van der Waals surface area contributed by atoms with Crippen LogP contribution >= 0.6 is 0 Å². The highest BCUT2D eigenvalue weighted by molar-refractivity contribution is 5.80. The minimum atomic E-state index is -0.110. The molecule has 254 valence electrons. The Labute approximate surface area is 277 Å². The summed E-state index contributed by atoms with van der Waals surface area (Å²) in [6.45, 7) is 4.79. The summed E-state index contributed by atoms with van der Waals surface area (Å²) in [4.78, 5) is 45.6. The van der Waals surface area contributed by atoms with Gasteiger partial charge in [0.15, 0.2) is 0 Å². The first-order valence-electron chi connectivity index (χ1n) is 15.2. The maximum Gasteiger partial charge on any atom is 0.308 e. The van der Waals surface area contributed by atoms with E-state index in [0.29, 0.717) is 13.1 Å². The number of aromatic hydroxyl groups is 1. The molecule has 12 heteroatoms. The zero-order valence-corrected chi connectivity index (χ0v) is 26.0. The van der Waals surface area contributed by atoms with Crippen molar-refractivity contribution < 1.29 is 28.9 Å². The van der Waals surface area contributed by atoms with Crippen molar-refractivity contribution >= 4 is 33.7 Å². The van der Waals surface area contributed by atoms with Crippen LogP contribution < -0.4 is 4.74 Å². The van der Waals surface area contributed by atoms with E-state index < -0.39 is 0 Å². The highest BCUT2D eigenvalue weighted by atomic mass is 16.5. The van der Waals surface area contributed by atoms with Gasteiger partial charge in [0, 0.05) is 23.2 Å². The number of methoxy groups -OCH3 is 3. The fraction of sp³-hybridized carbons (Fsp3) is 0.486. The minimum absolute atomic E-state index is 0. The summed E-state index contributed by atoms with van der Waals surface area (Å²) in [6.07, 6.45) is 6.86. The van der Waals surface area contributed by atoms with Gasteiger partial charge >= 0.3 is 11.9 Å². The molecule has 2 aromatic heterocycles. The Balaban J connectivity index is 0.000000245. The number of hydrogen-bond acceptors (Lipinski definition) is 12. The molecule has 0 amide bonds. The van der Waals surface area contributed by atoms with Crippen molar-refractivity contribution in [2.45, 2.75) is 53.6 Å². The van der Waals surface area contributed by atoms with Gasteiger partial charge in [0.1, 0.15) is 23.1 Å². The van der Waals surface area contributed by atoms with Crippen LogP contribution in [0.1, 0.15) is 52.2 Å². The van der Waals surface area contributed by atoms with Crippen LogP contribution in [0.15, 0.2) is 48.8 Å². The second kappa shape index (κ2) is 17.5. The summed E-state index contributed by atoms with van der Waals surface area (Å²) >= 11 is 0. The van der Waals surface area contributed by atoms with E-state index in [-0.39, 0.29) is 44.4 Å². The molecule has 4 aromatic rings. The van der Waals surface area contributed by atoms with Crippen LogP contribution in [-0.4, -0.2) is 94.3 Å². The summed E-state index contributed by atoms with van der Waals surface area (Å²) in [5, 5.41) is 11.2. The number of ether oxygens (including phenoxy) is 3. The van der Waals surface area contributed by atoms with Gasteiger partial charge in [-0.2, -0.15) is 0 Å². The first-order valence-corrected chi connectivity index (χ1v) is 15.2. The van der Waals surface area contributed by atoms with Crippen molar-refractivity contribution in [1.29, 1.82) is 0 Å². The number of likely N-dealkylation sites (tertiary alicyclic amines) is 2. The third-order valence-corrected chi connectivity index (χ3v) is 8.42. The Hall–Kier alpha value is -4.42. The maximum absolute atomic E-state index is 11.6. The molecule has 0 unspecified atom stereocenters. The number of fused-ring (bicyclic) bond motifs is 2. The average molecular weight is 649 g/mol. The Morgan fingerprint density at radius 1 is 0.723 bits per heavy atom. The monoisotopic (exact) mass is 648 g/mol. The SMILES string of the molecule is C.C.COC(=O)C1CCN(Cc2ncc3cc(O)ccc3n2)CC1.COC(=O)C1CCN(Cc2ncc3cc(OC)ccc3n2)CC1. The lowest BCUT2D eigenvalue weighted by Crippen LogP contribution is -2.36. The third-order valence-electron chi connectivity index (χ3n) is 8.42. The van der Waals surface area contributed by atoms with Crippen molar-refractivity contribution in [3.8, 4) is 11.5 Å². The molecular weight excluding hydrogens is 600 g/mol. The highest BCUT2D eigenvalue weighted by Gasteiger charge is 2.27. The van der Waals surface area contributed by atoms with Gasteiger partial charge in [0.2, 0.25) is 0 Å². The van der Waals surface area contributed by atoms with Gasteiger partial charge in [0.25, 0.3) is 0 Å². The number of nitrogens with zero attached hydrogens (tertiary/aromatic N) is 6. The summed E-state index contributed by atoms with van der Waals surface area (Å²) in [5.74, 6) is 2.42. The molecule has 0 bridgehead atoms. The summed E-state index contributed by atoms with van der Waals surface area (Å²) < 4.78 is 14.8. The molecule has 4 heterocycles. The normalized spacial score (nSPS) is 15.9. The van der Waals surface area contributed by atoms with Gasteiger partial charge < -0.3 is 19.3 Å². The molecule has 0 atom stereocenters. The molecule has 0 saturated carbocycles. The summed E-state index contributed by atoms with van der Waals surface area (Å²) in [7, 11) is 4.54. The van der Waals surface area contributed by atoms with Gasteiger partial charge in [-0.15, -0.1) is 0 Å². The second-order valence-corrected chi connectivity index (χ2v) is 11.4. The molecule has 2 aliphatic rings. The molecule has 47 heavy (non-hydrogen) atoms.